The van der Waals surface area contributed by atoms with Crippen molar-refractivity contribution in [3.8, 4) is 11.5 Å². The van der Waals surface area contributed by atoms with Gasteiger partial charge in [0.15, 0.2) is 0 Å². The molecule has 0 aliphatic carbocycles. The molecule has 6 nitrogen and oxygen atoms in total. The number of nitrogens with zero attached hydrogens (tertiary/aromatic N) is 3. The molecule has 0 saturated carbocycles. The topological polar surface area (TPSA) is 80.9 Å². The molecule has 100 valence electrons. The normalized spacial score (nSPS) is 10.7. The zero-order valence-electron chi connectivity index (χ0n) is 11.0. The summed E-state index contributed by atoms with van der Waals surface area (Å²) < 4.78 is 5.46. The van der Waals surface area contributed by atoms with Crippen LogP contribution in [0.1, 0.15) is 26.2 Å². The molecule has 0 atom stereocenters. The van der Waals surface area contributed by atoms with Gasteiger partial charge in [-0.3, -0.25) is 9.78 Å². The minimum Gasteiger partial charge on any atom is -0.419 e. The molecule has 2 aromatic heterocycles. The summed E-state index contributed by atoms with van der Waals surface area (Å²) in [6.45, 7) is 4.24. The molecule has 2 aromatic rings. The van der Waals surface area contributed by atoms with Gasteiger partial charge < -0.3 is 9.73 Å². The molecule has 1 amide bonds. The van der Waals surface area contributed by atoms with Crippen molar-refractivity contribution in [1.82, 2.24) is 20.5 Å². The molecule has 2 heterocycles. The summed E-state index contributed by atoms with van der Waals surface area (Å²) in [5.74, 6) is 1.13. The third kappa shape index (κ3) is 3.87. The third-order valence-electron chi connectivity index (χ3n) is 2.42. The van der Waals surface area contributed by atoms with Crippen molar-refractivity contribution in [2.24, 2.45) is 5.92 Å². The second-order valence-corrected chi connectivity index (χ2v) is 4.61. The van der Waals surface area contributed by atoms with E-state index < -0.39 is 0 Å². The van der Waals surface area contributed by atoms with Crippen molar-refractivity contribution in [3.63, 3.8) is 0 Å². The van der Waals surface area contributed by atoms with Crippen LogP contribution in [0, 0.1) is 5.92 Å². The Morgan fingerprint density at radius 3 is 2.74 bits per heavy atom. The van der Waals surface area contributed by atoms with E-state index in [0.717, 1.165) is 5.56 Å². The Kier molecular flexibility index (Phi) is 4.22. The zero-order valence-corrected chi connectivity index (χ0v) is 11.0. The first-order valence-corrected chi connectivity index (χ1v) is 6.14. The third-order valence-corrected chi connectivity index (χ3v) is 2.42. The van der Waals surface area contributed by atoms with Crippen LogP contribution in [0.15, 0.2) is 28.9 Å². The SMILES string of the molecule is CC(C)CC(=O)NCc1nnc(-c2ccncc2)o1. The highest BCUT2D eigenvalue weighted by Crippen LogP contribution is 2.15. The summed E-state index contributed by atoms with van der Waals surface area (Å²) in [6, 6.07) is 3.57. The summed E-state index contributed by atoms with van der Waals surface area (Å²) in [5, 5.41) is 10.6. The number of nitrogens with one attached hydrogen (secondary N) is 1. The molecule has 0 aliphatic rings. The lowest BCUT2D eigenvalue weighted by Crippen LogP contribution is -2.24. The molecule has 0 unspecified atom stereocenters. The van der Waals surface area contributed by atoms with Gasteiger partial charge in [0.05, 0.1) is 6.54 Å². The van der Waals surface area contributed by atoms with Crippen LogP contribution < -0.4 is 5.32 Å². The zero-order chi connectivity index (χ0) is 13.7. The minimum atomic E-state index is -0.0151. The lowest BCUT2D eigenvalue weighted by Gasteiger charge is -2.04. The molecule has 1 N–H and O–H groups in total. The van der Waals surface area contributed by atoms with E-state index >= 15 is 0 Å². The summed E-state index contributed by atoms with van der Waals surface area (Å²) in [7, 11) is 0. The smallest absolute Gasteiger partial charge is 0.247 e. The number of aromatic nitrogens is 3. The molecule has 0 saturated heterocycles. The second-order valence-electron chi connectivity index (χ2n) is 4.61. The monoisotopic (exact) mass is 260 g/mol. The molecule has 19 heavy (non-hydrogen) atoms. The van der Waals surface area contributed by atoms with Crippen LogP contribution in [0.2, 0.25) is 0 Å². The van der Waals surface area contributed by atoms with Crippen LogP contribution in [0.5, 0.6) is 0 Å². The maximum atomic E-state index is 11.5. The minimum absolute atomic E-state index is 0.0151. The molecular formula is C13H16N4O2. The number of carbonyl (C=O) groups excluding carboxylic acids is 1. The molecule has 0 spiro atoms. The summed E-state index contributed by atoms with van der Waals surface area (Å²) >= 11 is 0. The Morgan fingerprint density at radius 2 is 2.05 bits per heavy atom. The molecule has 0 fully saturated rings. The van der Waals surface area contributed by atoms with Gasteiger partial charge in [-0.2, -0.15) is 0 Å². The van der Waals surface area contributed by atoms with E-state index in [2.05, 4.69) is 20.5 Å². The fourth-order valence-corrected chi connectivity index (χ4v) is 1.55. The molecule has 6 heteroatoms. The summed E-state index contributed by atoms with van der Waals surface area (Å²) in [5.41, 5.74) is 0.808. The largest absolute Gasteiger partial charge is 0.419 e. The quantitative estimate of drug-likeness (QED) is 0.886. The van der Waals surface area contributed by atoms with E-state index in [1.54, 1.807) is 24.5 Å². The lowest BCUT2D eigenvalue weighted by atomic mass is 10.1. The van der Waals surface area contributed by atoms with Gasteiger partial charge in [-0.1, -0.05) is 13.8 Å². The van der Waals surface area contributed by atoms with Gasteiger partial charge in [0.25, 0.3) is 0 Å². The Hall–Kier alpha value is -2.24. The van der Waals surface area contributed by atoms with Crippen molar-refractivity contribution >= 4 is 5.91 Å². The maximum Gasteiger partial charge on any atom is 0.247 e. The van der Waals surface area contributed by atoms with Gasteiger partial charge in [-0.05, 0) is 18.1 Å². The van der Waals surface area contributed by atoms with Crippen molar-refractivity contribution in [2.45, 2.75) is 26.8 Å². The van der Waals surface area contributed by atoms with Gasteiger partial charge >= 0.3 is 0 Å². The first kappa shape index (κ1) is 13.2. The predicted octanol–water partition coefficient (Wildman–Crippen LogP) is 1.79. The van der Waals surface area contributed by atoms with E-state index in [1.807, 2.05) is 13.8 Å². The molecule has 0 aliphatic heterocycles. The van der Waals surface area contributed by atoms with Crippen LogP contribution in [-0.4, -0.2) is 21.1 Å². The molecular weight excluding hydrogens is 244 g/mol. The first-order chi connectivity index (χ1) is 9.15. The highest BCUT2D eigenvalue weighted by atomic mass is 16.4. The average Bonchev–Trinajstić information content (AvgIpc) is 2.85. The number of hydrogen-bond acceptors (Lipinski definition) is 5. The van der Waals surface area contributed by atoms with Gasteiger partial charge in [-0.15, -0.1) is 10.2 Å². The van der Waals surface area contributed by atoms with Crippen LogP contribution in [-0.2, 0) is 11.3 Å². The van der Waals surface area contributed by atoms with Crippen molar-refractivity contribution in [2.75, 3.05) is 0 Å². The maximum absolute atomic E-state index is 11.5. The Bertz CT molecular complexity index is 537. The Labute approximate surface area is 111 Å². The van der Waals surface area contributed by atoms with E-state index in [4.69, 9.17) is 4.42 Å². The van der Waals surface area contributed by atoms with Crippen LogP contribution in [0.4, 0.5) is 0 Å². The van der Waals surface area contributed by atoms with Gasteiger partial charge in [-0.25, -0.2) is 0 Å². The van der Waals surface area contributed by atoms with Crippen LogP contribution in [0.3, 0.4) is 0 Å². The van der Waals surface area contributed by atoms with E-state index in [9.17, 15) is 4.79 Å². The highest BCUT2D eigenvalue weighted by Gasteiger charge is 2.10. The molecule has 2 rings (SSSR count). The first-order valence-electron chi connectivity index (χ1n) is 6.14. The fraction of sp³-hybridized carbons (Fsp3) is 0.385. The molecule has 0 aromatic carbocycles. The molecule has 0 bridgehead atoms. The van der Waals surface area contributed by atoms with Crippen LogP contribution >= 0.6 is 0 Å². The highest BCUT2D eigenvalue weighted by molar-refractivity contribution is 5.75. The van der Waals surface area contributed by atoms with Crippen molar-refractivity contribution in [1.29, 1.82) is 0 Å². The van der Waals surface area contributed by atoms with E-state index in [-0.39, 0.29) is 12.5 Å². The van der Waals surface area contributed by atoms with Gasteiger partial charge in [0.1, 0.15) is 0 Å². The van der Waals surface area contributed by atoms with Crippen molar-refractivity contribution in [3.05, 3.63) is 30.4 Å². The number of amides is 1. The lowest BCUT2D eigenvalue weighted by molar-refractivity contribution is -0.122. The van der Waals surface area contributed by atoms with E-state index in [1.165, 1.54) is 0 Å². The molecule has 0 radical (unpaired) electrons. The number of rotatable bonds is 5. The number of hydrogen-bond donors (Lipinski definition) is 1. The fourth-order valence-electron chi connectivity index (χ4n) is 1.55. The average molecular weight is 260 g/mol. The van der Waals surface area contributed by atoms with Gasteiger partial charge in [0, 0.05) is 24.4 Å². The predicted molar refractivity (Wildman–Crippen MR) is 68.8 cm³/mol. The summed E-state index contributed by atoms with van der Waals surface area (Å²) in [4.78, 5) is 15.4. The second kappa shape index (κ2) is 6.08. The van der Waals surface area contributed by atoms with Crippen molar-refractivity contribution < 1.29 is 9.21 Å². The number of pyridine rings is 1. The number of carbonyl (C=O) groups is 1. The Balaban J connectivity index is 1.93. The Morgan fingerprint density at radius 1 is 1.32 bits per heavy atom. The van der Waals surface area contributed by atoms with Crippen LogP contribution in [0.25, 0.3) is 11.5 Å². The van der Waals surface area contributed by atoms with Gasteiger partial charge in [0.2, 0.25) is 17.7 Å². The summed E-state index contributed by atoms with van der Waals surface area (Å²) in [6.07, 6.45) is 3.80. The standard InChI is InChI=1S/C13H16N4O2/c1-9(2)7-11(18)15-8-12-16-17-13(19-12)10-3-5-14-6-4-10/h3-6,9H,7-8H2,1-2H3,(H,15,18). The van der Waals surface area contributed by atoms with E-state index in [0.29, 0.717) is 24.1 Å².